The molecule has 1 aromatic rings. The molecule has 0 aliphatic heterocycles. The predicted octanol–water partition coefficient (Wildman–Crippen LogP) is 1.20. The molecule has 2 nitrogen and oxygen atoms in total. The van der Waals surface area contributed by atoms with Gasteiger partial charge in [-0.2, -0.15) is 0 Å². The van der Waals surface area contributed by atoms with Crippen LogP contribution in [0, 0.1) is 0 Å². The van der Waals surface area contributed by atoms with Gasteiger partial charge >= 0.3 is 0 Å². The molecule has 0 atom stereocenters. The van der Waals surface area contributed by atoms with Crippen LogP contribution in [-0.4, -0.2) is 9.97 Å². The average molecular weight is 178 g/mol. The highest BCUT2D eigenvalue weighted by atomic mass is 32.1. The molecule has 0 saturated heterocycles. The average Bonchev–Trinajstić information content (AvgIpc) is 2.49. The molecule has 0 spiro atoms. The van der Waals surface area contributed by atoms with Crippen LogP contribution in [0.3, 0.4) is 0 Å². The fourth-order valence-corrected chi connectivity index (χ4v) is 1.67. The molecule has 3 heteroatoms. The third kappa shape index (κ3) is 1.20. The van der Waals surface area contributed by atoms with Crippen LogP contribution < -0.4 is 5.73 Å². The summed E-state index contributed by atoms with van der Waals surface area (Å²) >= 11 is 4.85. The van der Waals surface area contributed by atoms with Crippen LogP contribution >= 0.6 is 12.2 Å². The van der Waals surface area contributed by atoms with Gasteiger partial charge in [0, 0.05) is 5.69 Å². The van der Waals surface area contributed by atoms with E-state index in [1.807, 2.05) is 6.07 Å². The smallest absolute Gasteiger partial charge is 0.122 e. The van der Waals surface area contributed by atoms with Crippen LogP contribution in [0.2, 0.25) is 0 Å². The number of aryl methyl sites for hydroxylation is 2. The topological polar surface area (TPSA) is 38.9 Å². The lowest BCUT2D eigenvalue weighted by Gasteiger charge is -2.00. The lowest BCUT2D eigenvalue weighted by Crippen LogP contribution is -2.12. The van der Waals surface area contributed by atoms with Gasteiger partial charge in [-0.25, -0.2) is 0 Å². The Morgan fingerprint density at radius 2 is 2.25 bits per heavy atom. The number of nitrogens with zero attached hydrogens (tertiary/aromatic N) is 1. The zero-order chi connectivity index (χ0) is 8.55. The zero-order valence-electron chi connectivity index (χ0n) is 6.71. The summed E-state index contributed by atoms with van der Waals surface area (Å²) in [4.78, 5) is 4.78. The Balaban J connectivity index is 2.45. The normalized spacial score (nSPS) is 14.3. The molecule has 1 aromatic heterocycles. The van der Waals surface area contributed by atoms with E-state index in [9.17, 15) is 0 Å². The quantitative estimate of drug-likeness (QED) is 0.657. The minimum absolute atomic E-state index is 0.393. The van der Waals surface area contributed by atoms with Crippen LogP contribution in [0.15, 0.2) is 12.1 Å². The van der Waals surface area contributed by atoms with Crippen LogP contribution in [0.5, 0.6) is 0 Å². The highest BCUT2D eigenvalue weighted by Gasteiger charge is 2.12. The molecule has 62 valence electrons. The maximum atomic E-state index is 5.48. The van der Waals surface area contributed by atoms with E-state index in [4.69, 9.17) is 18.0 Å². The number of nitrogens with two attached hydrogens (primary N) is 1. The van der Waals surface area contributed by atoms with E-state index in [-0.39, 0.29) is 0 Å². The largest absolute Gasteiger partial charge is 0.388 e. The molecule has 1 aliphatic carbocycles. The third-order valence-corrected chi connectivity index (χ3v) is 2.39. The van der Waals surface area contributed by atoms with E-state index in [0.717, 1.165) is 18.5 Å². The summed E-state index contributed by atoms with van der Waals surface area (Å²) < 4.78 is 0. The van der Waals surface area contributed by atoms with Crippen LogP contribution in [0.4, 0.5) is 0 Å². The zero-order valence-corrected chi connectivity index (χ0v) is 7.53. The Kier molecular flexibility index (Phi) is 1.81. The van der Waals surface area contributed by atoms with Gasteiger partial charge < -0.3 is 5.73 Å². The lowest BCUT2D eigenvalue weighted by molar-refractivity contribution is 0.899. The van der Waals surface area contributed by atoms with E-state index >= 15 is 0 Å². The first-order valence-corrected chi connectivity index (χ1v) is 4.47. The van der Waals surface area contributed by atoms with Gasteiger partial charge in [-0.3, -0.25) is 4.98 Å². The second-order valence-corrected chi connectivity index (χ2v) is 3.46. The fraction of sp³-hybridized carbons (Fsp3) is 0.333. The summed E-state index contributed by atoms with van der Waals surface area (Å²) in [6, 6.07) is 4.00. The lowest BCUT2D eigenvalue weighted by atomic mass is 10.2. The van der Waals surface area contributed by atoms with Crippen molar-refractivity contribution >= 4 is 17.2 Å². The van der Waals surface area contributed by atoms with E-state index < -0.39 is 0 Å². The van der Waals surface area contributed by atoms with Gasteiger partial charge in [0.15, 0.2) is 0 Å². The van der Waals surface area contributed by atoms with E-state index in [1.54, 1.807) is 0 Å². The molecule has 0 radical (unpaired) electrons. The molecule has 0 fully saturated rings. The van der Waals surface area contributed by atoms with Crippen molar-refractivity contribution in [1.29, 1.82) is 0 Å². The van der Waals surface area contributed by atoms with E-state index in [0.29, 0.717) is 4.99 Å². The van der Waals surface area contributed by atoms with Crippen molar-refractivity contribution in [3.63, 3.8) is 0 Å². The highest BCUT2D eigenvalue weighted by molar-refractivity contribution is 7.80. The minimum atomic E-state index is 0.393. The van der Waals surface area contributed by atoms with Gasteiger partial charge in [-0.15, -0.1) is 0 Å². The SMILES string of the molecule is NC(=S)c1ccc2c(n1)CCC2. The van der Waals surface area contributed by atoms with Crippen LogP contribution in [0.1, 0.15) is 23.4 Å². The minimum Gasteiger partial charge on any atom is -0.388 e. The first-order chi connectivity index (χ1) is 5.77. The Labute approximate surface area is 76.8 Å². The monoisotopic (exact) mass is 178 g/mol. The molecular formula is C9H10N2S. The van der Waals surface area contributed by atoms with Crippen molar-refractivity contribution in [2.24, 2.45) is 5.73 Å². The van der Waals surface area contributed by atoms with Crippen LogP contribution in [-0.2, 0) is 12.8 Å². The number of fused-ring (bicyclic) bond motifs is 1. The number of rotatable bonds is 1. The van der Waals surface area contributed by atoms with Crippen molar-refractivity contribution in [1.82, 2.24) is 4.98 Å². The highest BCUT2D eigenvalue weighted by Crippen LogP contribution is 2.19. The molecule has 0 unspecified atom stereocenters. The molecule has 0 amide bonds. The number of thiocarbonyl (C=S) groups is 1. The van der Waals surface area contributed by atoms with Crippen molar-refractivity contribution in [2.75, 3.05) is 0 Å². The van der Waals surface area contributed by atoms with Gasteiger partial charge in [0.2, 0.25) is 0 Å². The molecule has 2 N–H and O–H groups in total. The second-order valence-electron chi connectivity index (χ2n) is 3.02. The first kappa shape index (κ1) is 7.68. The van der Waals surface area contributed by atoms with Crippen molar-refractivity contribution in [3.8, 4) is 0 Å². The summed E-state index contributed by atoms with van der Waals surface area (Å²) in [5, 5.41) is 0. The number of pyridine rings is 1. The molecule has 2 rings (SSSR count). The number of aromatic nitrogens is 1. The number of hydrogen-bond acceptors (Lipinski definition) is 2. The van der Waals surface area contributed by atoms with Crippen molar-refractivity contribution in [3.05, 3.63) is 29.1 Å². The Hall–Kier alpha value is -0.960. The summed E-state index contributed by atoms with van der Waals surface area (Å²) in [6.45, 7) is 0. The summed E-state index contributed by atoms with van der Waals surface area (Å²) in [6.07, 6.45) is 3.44. The Bertz CT molecular complexity index is 333. The predicted molar refractivity (Wildman–Crippen MR) is 52.1 cm³/mol. The van der Waals surface area contributed by atoms with Gasteiger partial charge in [-0.1, -0.05) is 18.3 Å². The molecule has 0 aromatic carbocycles. The molecule has 1 aliphatic rings. The summed E-state index contributed by atoms with van der Waals surface area (Å²) in [5.41, 5.74) is 8.77. The van der Waals surface area contributed by atoms with Crippen molar-refractivity contribution < 1.29 is 0 Å². The summed E-state index contributed by atoms with van der Waals surface area (Å²) in [7, 11) is 0. The maximum absolute atomic E-state index is 5.48. The van der Waals surface area contributed by atoms with E-state index in [1.165, 1.54) is 17.7 Å². The van der Waals surface area contributed by atoms with Crippen molar-refractivity contribution in [2.45, 2.75) is 19.3 Å². The first-order valence-electron chi connectivity index (χ1n) is 4.06. The third-order valence-electron chi connectivity index (χ3n) is 2.18. The molecule has 0 bridgehead atoms. The van der Waals surface area contributed by atoms with Gasteiger partial charge in [0.25, 0.3) is 0 Å². The molecular weight excluding hydrogens is 168 g/mol. The Morgan fingerprint density at radius 3 is 3.00 bits per heavy atom. The van der Waals surface area contributed by atoms with Gasteiger partial charge in [-0.05, 0) is 30.9 Å². The molecule has 1 heterocycles. The molecule has 12 heavy (non-hydrogen) atoms. The van der Waals surface area contributed by atoms with Crippen LogP contribution in [0.25, 0.3) is 0 Å². The number of hydrogen-bond donors (Lipinski definition) is 1. The van der Waals surface area contributed by atoms with Gasteiger partial charge in [0.1, 0.15) is 4.99 Å². The van der Waals surface area contributed by atoms with E-state index in [2.05, 4.69) is 11.1 Å². The Morgan fingerprint density at radius 1 is 1.42 bits per heavy atom. The maximum Gasteiger partial charge on any atom is 0.122 e. The van der Waals surface area contributed by atoms with Gasteiger partial charge in [0.05, 0.1) is 5.69 Å². The molecule has 0 saturated carbocycles. The standard InChI is InChI=1S/C9H10N2S/c10-9(12)8-5-4-6-2-1-3-7(6)11-8/h4-5H,1-3H2,(H2,10,12). The fourth-order valence-electron chi connectivity index (χ4n) is 1.56. The second kappa shape index (κ2) is 2.83. The summed E-state index contributed by atoms with van der Waals surface area (Å²) in [5.74, 6) is 0.